The maximum Gasteiger partial charge on any atom is 0.302 e. The second-order valence-electron chi connectivity index (χ2n) is 8.38. The Hall–Kier alpha value is -2.39. The summed E-state index contributed by atoms with van der Waals surface area (Å²) in [6.45, 7) is 2.31. The molecule has 1 aliphatic rings. The third kappa shape index (κ3) is 4.28. The van der Waals surface area contributed by atoms with Gasteiger partial charge in [-0.15, -0.1) is 0 Å². The molecule has 9 heteroatoms. The minimum Gasteiger partial charge on any atom is -0.466 e. The number of aromatic nitrogens is 3. The Balaban J connectivity index is 1.94. The molecule has 1 aliphatic heterocycles. The van der Waals surface area contributed by atoms with Crippen molar-refractivity contribution in [1.29, 1.82) is 0 Å². The maximum atomic E-state index is 11.2. The van der Waals surface area contributed by atoms with E-state index in [1.165, 1.54) is 14.0 Å². The second kappa shape index (κ2) is 9.85. The molecule has 0 bridgehead atoms. The first-order valence-corrected chi connectivity index (χ1v) is 11.6. The lowest BCUT2D eigenvalue weighted by atomic mass is 9.95. The third-order valence-corrected chi connectivity index (χ3v) is 6.67. The van der Waals surface area contributed by atoms with Crippen LogP contribution in [0.5, 0.6) is 0 Å². The van der Waals surface area contributed by atoms with Gasteiger partial charge < -0.3 is 24.3 Å². The lowest BCUT2D eigenvalue weighted by Gasteiger charge is -2.17. The summed E-state index contributed by atoms with van der Waals surface area (Å²) in [6.07, 6.45) is 3.03. The fraction of sp³-hybridized carbons (Fsp3) is 0.500. The van der Waals surface area contributed by atoms with E-state index in [-0.39, 0.29) is 12.6 Å². The van der Waals surface area contributed by atoms with Crippen LogP contribution in [0.25, 0.3) is 22.0 Å². The first-order chi connectivity index (χ1) is 15.9. The van der Waals surface area contributed by atoms with Gasteiger partial charge in [-0.05, 0) is 43.7 Å². The molecule has 0 amide bonds. The molecule has 2 N–H and O–H groups in total. The molecule has 0 saturated heterocycles. The molecule has 3 aromatic rings. The van der Waals surface area contributed by atoms with Crippen molar-refractivity contribution < 1.29 is 24.5 Å². The van der Waals surface area contributed by atoms with E-state index in [1.54, 1.807) is 0 Å². The molecule has 1 aromatic carbocycles. The minimum absolute atomic E-state index is 0.185. The van der Waals surface area contributed by atoms with Crippen molar-refractivity contribution in [2.24, 2.45) is 7.05 Å². The number of halogens is 1. The zero-order chi connectivity index (χ0) is 23.7. The summed E-state index contributed by atoms with van der Waals surface area (Å²) in [7, 11) is 3.33. The van der Waals surface area contributed by atoms with Gasteiger partial charge in [-0.2, -0.15) is 5.10 Å². The molecule has 4 rings (SSSR count). The van der Waals surface area contributed by atoms with Gasteiger partial charge in [-0.1, -0.05) is 17.7 Å². The van der Waals surface area contributed by atoms with Gasteiger partial charge in [-0.25, -0.2) is 0 Å². The topological polar surface area (TPSA) is 98.7 Å². The highest BCUT2D eigenvalue weighted by Crippen LogP contribution is 2.43. The Morgan fingerprint density at radius 1 is 1.30 bits per heavy atom. The van der Waals surface area contributed by atoms with Gasteiger partial charge in [-0.3, -0.25) is 9.48 Å². The van der Waals surface area contributed by atoms with E-state index in [9.17, 15) is 15.0 Å². The van der Waals surface area contributed by atoms with E-state index in [1.807, 2.05) is 28.4 Å². The van der Waals surface area contributed by atoms with Gasteiger partial charge in [0.1, 0.15) is 0 Å². The number of hydrogen-bond donors (Lipinski definition) is 2. The summed E-state index contributed by atoms with van der Waals surface area (Å²) >= 11 is 6.79. The van der Waals surface area contributed by atoms with Crippen molar-refractivity contribution in [2.45, 2.75) is 58.5 Å². The molecule has 33 heavy (non-hydrogen) atoms. The van der Waals surface area contributed by atoms with E-state index < -0.39 is 6.29 Å². The van der Waals surface area contributed by atoms with Crippen LogP contribution in [0, 0.1) is 0 Å². The van der Waals surface area contributed by atoms with Crippen LogP contribution in [0.2, 0.25) is 5.02 Å². The number of ether oxygens (including phenoxy) is 2. The number of hydrogen-bond acceptors (Lipinski definition) is 6. The van der Waals surface area contributed by atoms with E-state index in [2.05, 4.69) is 5.10 Å². The van der Waals surface area contributed by atoms with E-state index in [0.717, 1.165) is 59.1 Å². The number of esters is 1. The van der Waals surface area contributed by atoms with Gasteiger partial charge in [0.05, 0.1) is 35.1 Å². The molecule has 1 unspecified atom stereocenters. The quantitative estimate of drug-likeness (QED) is 0.293. The predicted molar refractivity (Wildman–Crippen MR) is 125 cm³/mol. The zero-order valence-electron chi connectivity index (χ0n) is 19.2. The lowest BCUT2D eigenvalue weighted by molar-refractivity contribution is -0.141. The Morgan fingerprint density at radius 2 is 2.09 bits per heavy atom. The monoisotopic (exact) mass is 475 g/mol. The van der Waals surface area contributed by atoms with E-state index >= 15 is 0 Å². The SMILES string of the molecule is COC(O)c1c(CCCOC(C)=O)c2ccc(Cl)c(-c3c(CO)nn4c3CCCC4)c2n1C. The average Bonchev–Trinajstić information content (AvgIpc) is 3.31. The van der Waals surface area contributed by atoms with Crippen molar-refractivity contribution in [3.8, 4) is 11.1 Å². The van der Waals surface area contributed by atoms with Crippen LogP contribution in [0.3, 0.4) is 0 Å². The van der Waals surface area contributed by atoms with Gasteiger partial charge in [0.25, 0.3) is 0 Å². The van der Waals surface area contributed by atoms with Crippen LogP contribution in [-0.4, -0.2) is 44.2 Å². The highest BCUT2D eigenvalue weighted by Gasteiger charge is 2.29. The molecule has 178 valence electrons. The molecular weight excluding hydrogens is 446 g/mol. The van der Waals surface area contributed by atoms with Crippen LogP contribution in [0.15, 0.2) is 12.1 Å². The number of aliphatic hydroxyl groups excluding tert-OH is 2. The smallest absolute Gasteiger partial charge is 0.302 e. The number of benzene rings is 1. The number of aliphatic hydroxyl groups is 2. The molecular formula is C24H30ClN3O5. The van der Waals surface area contributed by atoms with Crippen LogP contribution in [0.1, 0.15) is 55.1 Å². The third-order valence-electron chi connectivity index (χ3n) is 6.36. The highest BCUT2D eigenvalue weighted by atomic mass is 35.5. The molecule has 0 fully saturated rings. The summed E-state index contributed by atoms with van der Waals surface area (Å²) in [4.78, 5) is 11.2. The van der Waals surface area contributed by atoms with Gasteiger partial charge in [0, 0.05) is 49.8 Å². The Bertz CT molecular complexity index is 1180. The molecule has 8 nitrogen and oxygen atoms in total. The number of methoxy groups -OCH3 is 1. The minimum atomic E-state index is -1.13. The normalized spacial score (nSPS) is 14.5. The number of aryl methyl sites for hydroxylation is 3. The lowest BCUT2D eigenvalue weighted by Crippen LogP contribution is -2.11. The zero-order valence-corrected chi connectivity index (χ0v) is 20.0. The Labute approximate surface area is 197 Å². The second-order valence-corrected chi connectivity index (χ2v) is 8.79. The number of carbonyl (C=O) groups excluding carboxylic acids is 1. The molecule has 0 aliphatic carbocycles. The number of fused-ring (bicyclic) bond motifs is 2. The van der Waals surface area contributed by atoms with Crippen molar-refractivity contribution >= 4 is 28.5 Å². The molecule has 0 radical (unpaired) electrons. The Morgan fingerprint density at radius 3 is 2.79 bits per heavy atom. The molecule has 3 heterocycles. The largest absolute Gasteiger partial charge is 0.466 e. The first-order valence-electron chi connectivity index (χ1n) is 11.2. The average molecular weight is 476 g/mol. The summed E-state index contributed by atoms with van der Waals surface area (Å²) in [5.41, 5.74) is 5.76. The molecule has 1 atom stereocenters. The van der Waals surface area contributed by atoms with Gasteiger partial charge in [0.15, 0.2) is 6.29 Å². The Kier molecular flexibility index (Phi) is 7.09. The summed E-state index contributed by atoms with van der Waals surface area (Å²) in [5.74, 6) is -0.318. The van der Waals surface area contributed by atoms with Crippen LogP contribution >= 0.6 is 11.6 Å². The highest BCUT2D eigenvalue weighted by molar-refractivity contribution is 6.35. The summed E-state index contributed by atoms with van der Waals surface area (Å²) in [5, 5.41) is 27.0. The van der Waals surface area contributed by atoms with E-state index in [4.69, 9.17) is 21.1 Å². The van der Waals surface area contributed by atoms with Crippen molar-refractivity contribution in [3.63, 3.8) is 0 Å². The molecule has 0 spiro atoms. The van der Waals surface area contributed by atoms with Crippen LogP contribution in [-0.2, 0) is 47.3 Å². The van der Waals surface area contributed by atoms with Crippen LogP contribution in [0.4, 0.5) is 0 Å². The number of carbonyl (C=O) groups is 1. The number of nitrogens with zero attached hydrogens (tertiary/aromatic N) is 3. The molecule has 0 saturated carbocycles. The van der Waals surface area contributed by atoms with Crippen molar-refractivity contribution in [1.82, 2.24) is 14.3 Å². The maximum absolute atomic E-state index is 11.2. The van der Waals surface area contributed by atoms with Crippen molar-refractivity contribution in [2.75, 3.05) is 13.7 Å². The summed E-state index contributed by atoms with van der Waals surface area (Å²) < 4.78 is 14.3. The predicted octanol–water partition coefficient (Wildman–Crippen LogP) is 3.66. The number of rotatable bonds is 8. The fourth-order valence-electron chi connectivity index (χ4n) is 4.96. The summed E-state index contributed by atoms with van der Waals surface area (Å²) in [6, 6.07) is 3.80. The van der Waals surface area contributed by atoms with Gasteiger partial charge >= 0.3 is 5.97 Å². The van der Waals surface area contributed by atoms with Crippen molar-refractivity contribution in [3.05, 3.63) is 39.8 Å². The van der Waals surface area contributed by atoms with E-state index in [0.29, 0.717) is 35.9 Å². The standard InChI is InChI=1S/C24H30ClN3O5/c1-14(30)33-12-6-7-15-16-9-10-17(25)20(22(16)27(2)23(15)24(31)32-3)21-18(13-29)26-28-11-5-4-8-19(21)28/h9-10,24,29,31H,4-8,11-13H2,1-3H3. The van der Waals surface area contributed by atoms with Gasteiger partial charge in [0.2, 0.25) is 0 Å². The fourth-order valence-corrected chi connectivity index (χ4v) is 5.20. The first kappa shape index (κ1) is 23.8. The molecule has 2 aromatic heterocycles. The van der Waals surface area contributed by atoms with Crippen LogP contribution < -0.4 is 0 Å².